The van der Waals surface area contributed by atoms with E-state index < -0.39 is 18.0 Å². The maximum Gasteiger partial charge on any atom is 0.307 e. The lowest BCUT2D eigenvalue weighted by Crippen LogP contribution is -2.30. The third-order valence-corrected chi connectivity index (χ3v) is 4.64. The third-order valence-electron chi connectivity index (χ3n) is 3.63. The number of benzene rings is 2. The lowest BCUT2D eigenvalue weighted by atomic mass is 10.1. The Morgan fingerprint density at radius 1 is 1.11 bits per heavy atom. The number of anilines is 1. The van der Waals surface area contributed by atoms with Crippen molar-refractivity contribution in [2.45, 2.75) is 31.3 Å². The van der Waals surface area contributed by atoms with E-state index in [4.69, 9.17) is 4.74 Å². The topological polar surface area (TPSA) is 72.5 Å². The highest BCUT2D eigenvalue weighted by Crippen LogP contribution is 2.19. The average Bonchev–Trinajstić information content (AvgIpc) is 2.63. The van der Waals surface area contributed by atoms with Gasteiger partial charge in [0.05, 0.1) is 12.1 Å². The van der Waals surface area contributed by atoms with Crippen LogP contribution in [-0.4, -0.2) is 29.5 Å². The third kappa shape index (κ3) is 6.53. The molecule has 2 aromatic rings. The van der Waals surface area contributed by atoms with E-state index in [9.17, 15) is 18.8 Å². The molecule has 0 aliphatic carbocycles. The van der Waals surface area contributed by atoms with Gasteiger partial charge in [0.25, 0.3) is 5.91 Å². The van der Waals surface area contributed by atoms with E-state index in [0.29, 0.717) is 17.0 Å². The highest BCUT2D eigenvalue weighted by atomic mass is 32.2. The second-order valence-electron chi connectivity index (χ2n) is 5.78. The Bertz CT molecular complexity index is 823. The first kappa shape index (κ1) is 20.6. The van der Waals surface area contributed by atoms with Crippen molar-refractivity contribution in [1.82, 2.24) is 0 Å². The fourth-order valence-corrected chi connectivity index (χ4v) is 3.06. The van der Waals surface area contributed by atoms with Gasteiger partial charge in [-0.1, -0.05) is 12.1 Å². The van der Waals surface area contributed by atoms with Crippen LogP contribution in [0, 0.1) is 5.82 Å². The first-order valence-corrected chi connectivity index (χ1v) is 9.34. The van der Waals surface area contributed by atoms with Crippen LogP contribution >= 0.6 is 11.8 Å². The van der Waals surface area contributed by atoms with Gasteiger partial charge < -0.3 is 10.1 Å². The highest BCUT2D eigenvalue weighted by molar-refractivity contribution is 7.99. The largest absolute Gasteiger partial charge is 0.453 e. The van der Waals surface area contributed by atoms with E-state index in [2.05, 4.69) is 5.32 Å². The number of thioether (sulfide) groups is 1. The van der Waals surface area contributed by atoms with Crippen molar-refractivity contribution in [1.29, 1.82) is 0 Å². The minimum Gasteiger partial charge on any atom is -0.453 e. The molecule has 27 heavy (non-hydrogen) atoms. The fraction of sp³-hybridized carbons (Fsp3) is 0.250. The molecule has 0 fully saturated rings. The number of halogens is 1. The van der Waals surface area contributed by atoms with Gasteiger partial charge in [0.2, 0.25) is 0 Å². The predicted octanol–water partition coefficient (Wildman–Crippen LogP) is 4.08. The molecule has 7 heteroatoms. The van der Waals surface area contributed by atoms with Crippen molar-refractivity contribution >= 4 is 35.1 Å². The van der Waals surface area contributed by atoms with E-state index >= 15 is 0 Å². The molecule has 0 aromatic heterocycles. The summed E-state index contributed by atoms with van der Waals surface area (Å²) in [5.74, 6) is -1.06. The smallest absolute Gasteiger partial charge is 0.307 e. The Morgan fingerprint density at radius 2 is 1.78 bits per heavy atom. The molecule has 1 atom stereocenters. The predicted molar refractivity (Wildman–Crippen MR) is 102 cm³/mol. The summed E-state index contributed by atoms with van der Waals surface area (Å²) in [6.45, 7) is 2.88. The van der Waals surface area contributed by atoms with Crippen LogP contribution < -0.4 is 5.32 Å². The molecule has 1 amide bonds. The van der Waals surface area contributed by atoms with Crippen molar-refractivity contribution in [3.63, 3.8) is 0 Å². The van der Waals surface area contributed by atoms with Crippen molar-refractivity contribution < 1.29 is 23.5 Å². The summed E-state index contributed by atoms with van der Waals surface area (Å²) in [6.07, 6.45) is -0.878. The maximum absolute atomic E-state index is 12.8. The van der Waals surface area contributed by atoms with Crippen molar-refractivity contribution in [2.24, 2.45) is 0 Å². The Balaban J connectivity index is 1.80. The average molecular weight is 389 g/mol. The van der Waals surface area contributed by atoms with E-state index in [1.165, 1.54) is 37.7 Å². The van der Waals surface area contributed by atoms with Gasteiger partial charge in [-0.2, -0.15) is 0 Å². The van der Waals surface area contributed by atoms with Gasteiger partial charge in [0, 0.05) is 16.2 Å². The molecule has 0 heterocycles. The summed E-state index contributed by atoms with van der Waals surface area (Å²) in [4.78, 5) is 36.5. The maximum atomic E-state index is 12.8. The van der Waals surface area contributed by atoms with E-state index in [1.807, 2.05) is 0 Å². The van der Waals surface area contributed by atoms with Gasteiger partial charge in [-0.15, -0.1) is 11.8 Å². The van der Waals surface area contributed by atoms with Crippen LogP contribution in [0.25, 0.3) is 0 Å². The molecule has 0 aliphatic rings. The molecule has 2 aromatic carbocycles. The second kappa shape index (κ2) is 9.87. The number of hydrogen-bond acceptors (Lipinski definition) is 5. The highest BCUT2D eigenvalue weighted by Gasteiger charge is 2.19. The fourth-order valence-electron chi connectivity index (χ4n) is 2.23. The summed E-state index contributed by atoms with van der Waals surface area (Å²) in [6, 6.07) is 12.6. The number of rotatable bonds is 8. The number of amides is 1. The molecule has 0 aliphatic heterocycles. The minimum atomic E-state index is -0.992. The number of ether oxygens (including phenoxy) is 1. The molecule has 5 nitrogen and oxygen atoms in total. The van der Waals surface area contributed by atoms with Crippen LogP contribution in [0.2, 0.25) is 0 Å². The van der Waals surface area contributed by atoms with Gasteiger partial charge in [0.1, 0.15) is 5.82 Å². The first-order chi connectivity index (χ1) is 12.9. The summed E-state index contributed by atoms with van der Waals surface area (Å²) in [7, 11) is 0. The molecule has 0 saturated carbocycles. The van der Waals surface area contributed by atoms with Gasteiger partial charge >= 0.3 is 5.97 Å². The standard InChI is InChI=1S/C20H20FNO4S/c1-13(23)17-5-3-4-6-18(17)22-20(25)14(2)26-19(24)11-12-27-16-9-7-15(21)8-10-16/h3-10,14H,11-12H2,1-2H3,(H,22,25)/t14-/m1/s1. The van der Waals surface area contributed by atoms with Crippen LogP contribution in [0.3, 0.4) is 0 Å². The van der Waals surface area contributed by atoms with Crippen LogP contribution in [0.4, 0.5) is 10.1 Å². The first-order valence-electron chi connectivity index (χ1n) is 8.35. The number of hydrogen-bond donors (Lipinski definition) is 1. The molecule has 2 rings (SSSR count). The molecule has 0 spiro atoms. The monoisotopic (exact) mass is 389 g/mol. The van der Waals surface area contributed by atoms with Crippen molar-refractivity contribution in [2.75, 3.05) is 11.1 Å². The van der Waals surface area contributed by atoms with Gasteiger partial charge in [-0.25, -0.2) is 4.39 Å². The van der Waals surface area contributed by atoms with Gasteiger partial charge in [-0.3, -0.25) is 14.4 Å². The zero-order chi connectivity index (χ0) is 19.8. The molecule has 0 bridgehead atoms. The van der Waals surface area contributed by atoms with Gasteiger partial charge in [0.15, 0.2) is 11.9 Å². The van der Waals surface area contributed by atoms with E-state index in [1.54, 1.807) is 36.4 Å². The second-order valence-corrected chi connectivity index (χ2v) is 6.94. The molecule has 0 unspecified atom stereocenters. The zero-order valence-corrected chi connectivity index (χ0v) is 15.8. The zero-order valence-electron chi connectivity index (χ0n) is 15.0. The number of carbonyl (C=O) groups excluding carboxylic acids is 3. The summed E-state index contributed by atoms with van der Waals surface area (Å²) >= 11 is 1.40. The summed E-state index contributed by atoms with van der Waals surface area (Å²) in [5, 5.41) is 2.61. The van der Waals surface area contributed by atoms with Crippen LogP contribution in [0.1, 0.15) is 30.6 Å². The molecular formula is C20H20FNO4S. The summed E-state index contributed by atoms with van der Waals surface area (Å²) < 4.78 is 18.0. The molecule has 0 radical (unpaired) electrons. The molecular weight excluding hydrogens is 369 g/mol. The van der Waals surface area contributed by atoms with E-state index in [0.717, 1.165) is 4.90 Å². The number of carbonyl (C=O) groups is 3. The Kier molecular flexibility index (Phi) is 7.55. The Labute approximate surface area is 161 Å². The Hall–Kier alpha value is -2.67. The normalized spacial score (nSPS) is 11.5. The Morgan fingerprint density at radius 3 is 2.44 bits per heavy atom. The quantitative estimate of drug-likeness (QED) is 0.418. The summed E-state index contributed by atoms with van der Waals surface area (Å²) in [5.41, 5.74) is 0.768. The van der Waals surface area contributed by atoms with Crippen LogP contribution in [-0.2, 0) is 14.3 Å². The number of esters is 1. The minimum absolute atomic E-state index is 0.115. The van der Waals surface area contributed by atoms with E-state index in [-0.39, 0.29) is 18.0 Å². The van der Waals surface area contributed by atoms with Gasteiger partial charge in [-0.05, 0) is 50.2 Å². The SMILES string of the molecule is CC(=O)c1ccccc1NC(=O)[C@@H](C)OC(=O)CCSc1ccc(F)cc1. The molecule has 0 saturated heterocycles. The number of Topliss-reactive ketones (excluding diaryl/α,β-unsaturated/α-hetero) is 1. The lowest BCUT2D eigenvalue weighted by molar-refractivity contribution is -0.152. The molecule has 1 N–H and O–H groups in total. The lowest BCUT2D eigenvalue weighted by Gasteiger charge is -2.15. The number of nitrogens with one attached hydrogen (secondary N) is 1. The number of ketones is 1. The van der Waals surface area contributed by atoms with Crippen LogP contribution in [0.15, 0.2) is 53.4 Å². The van der Waals surface area contributed by atoms with Crippen LogP contribution in [0.5, 0.6) is 0 Å². The molecule has 142 valence electrons. The van der Waals surface area contributed by atoms with Crippen molar-refractivity contribution in [3.05, 3.63) is 59.9 Å². The number of para-hydroxylation sites is 1. The van der Waals surface area contributed by atoms with Crippen molar-refractivity contribution in [3.8, 4) is 0 Å².